The molecule has 0 aliphatic heterocycles. The van der Waals surface area contributed by atoms with Crippen LogP contribution in [-0.4, -0.2) is 16.9 Å². The molecule has 3 rings (SSSR count). The van der Waals surface area contributed by atoms with Crippen LogP contribution in [0.4, 0.5) is 10.1 Å². The van der Waals surface area contributed by atoms with E-state index in [0.29, 0.717) is 11.3 Å². The Bertz CT molecular complexity index is 811. The molecule has 1 aromatic heterocycles. The maximum absolute atomic E-state index is 13.7. The highest BCUT2D eigenvalue weighted by atomic mass is 19.1. The Morgan fingerprint density at radius 3 is 2.81 bits per heavy atom. The molecule has 2 N–H and O–H groups in total. The van der Waals surface area contributed by atoms with E-state index in [2.05, 4.69) is 5.10 Å². The topological polar surface area (TPSA) is 53.1 Å². The van der Waals surface area contributed by atoms with Crippen molar-refractivity contribution in [2.24, 2.45) is 7.05 Å². The number of anilines is 1. The van der Waals surface area contributed by atoms with Crippen LogP contribution in [-0.2, 0) is 18.4 Å². The van der Waals surface area contributed by atoms with Crippen LogP contribution < -0.4 is 5.73 Å². The van der Waals surface area contributed by atoms with Gasteiger partial charge in [0.2, 0.25) is 0 Å². The smallest absolute Gasteiger partial charge is 0.128 e. The van der Waals surface area contributed by atoms with Crippen molar-refractivity contribution in [3.8, 4) is 11.3 Å². The van der Waals surface area contributed by atoms with Crippen LogP contribution in [0.5, 0.6) is 0 Å². The van der Waals surface area contributed by atoms with E-state index in [1.807, 2.05) is 25.2 Å². The summed E-state index contributed by atoms with van der Waals surface area (Å²) in [5.41, 5.74) is 9.67. The van der Waals surface area contributed by atoms with Crippen molar-refractivity contribution in [1.82, 2.24) is 9.78 Å². The molecule has 0 spiro atoms. The maximum atomic E-state index is 13.7. The Labute approximate surface area is 121 Å². The highest BCUT2D eigenvalue weighted by Gasteiger charge is 2.13. The average Bonchev–Trinajstić information content (AvgIpc) is 2.78. The molecule has 0 aliphatic rings. The second-order valence-corrected chi connectivity index (χ2v) is 4.99. The van der Waals surface area contributed by atoms with Crippen molar-refractivity contribution in [3.05, 3.63) is 47.8 Å². The molecule has 21 heavy (non-hydrogen) atoms. The Hall–Kier alpha value is -2.40. The quantitative estimate of drug-likeness (QED) is 0.752. The van der Waals surface area contributed by atoms with Gasteiger partial charge in [0.15, 0.2) is 0 Å². The first-order valence-electron chi connectivity index (χ1n) is 6.60. The summed E-state index contributed by atoms with van der Waals surface area (Å²) in [6.45, 7) is 0.229. The summed E-state index contributed by atoms with van der Waals surface area (Å²) in [7, 11) is 3.42. The SMILES string of the molecule is COCc1cc(-c2nn(C)c3ccc(N)cc23)ccc1F. The van der Waals surface area contributed by atoms with E-state index in [1.165, 1.54) is 6.07 Å². The summed E-state index contributed by atoms with van der Waals surface area (Å²) < 4.78 is 20.6. The number of nitrogens with zero attached hydrogens (tertiary/aromatic N) is 2. The number of halogens is 1. The van der Waals surface area contributed by atoms with E-state index < -0.39 is 0 Å². The third-order valence-electron chi connectivity index (χ3n) is 3.49. The first kappa shape index (κ1) is 13.6. The molecule has 0 saturated carbocycles. The number of fused-ring (bicyclic) bond motifs is 1. The van der Waals surface area contributed by atoms with E-state index in [0.717, 1.165) is 22.2 Å². The van der Waals surface area contributed by atoms with Gasteiger partial charge in [-0.2, -0.15) is 5.10 Å². The molecule has 0 radical (unpaired) electrons. The molecular formula is C16H16FN3O. The zero-order chi connectivity index (χ0) is 15.0. The molecular weight excluding hydrogens is 269 g/mol. The fraction of sp³-hybridized carbons (Fsp3) is 0.188. The number of ether oxygens (including phenoxy) is 1. The first-order valence-corrected chi connectivity index (χ1v) is 6.60. The second kappa shape index (κ2) is 5.18. The molecule has 0 aliphatic carbocycles. The third kappa shape index (κ3) is 2.36. The van der Waals surface area contributed by atoms with Crippen LogP contribution in [0.1, 0.15) is 5.56 Å². The van der Waals surface area contributed by atoms with E-state index >= 15 is 0 Å². The zero-order valence-electron chi connectivity index (χ0n) is 11.9. The number of aryl methyl sites for hydroxylation is 1. The normalized spacial score (nSPS) is 11.2. The van der Waals surface area contributed by atoms with Gasteiger partial charge in [0, 0.05) is 36.4 Å². The number of hydrogen-bond donors (Lipinski definition) is 1. The first-order chi connectivity index (χ1) is 10.1. The van der Waals surface area contributed by atoms with Gasteiger partial charge in [-0.05, 0) is 36.4 Å². The van der Waals surface area contributed by atoms with Crippen molar-refractivity contribution >= 4 is 16.6 Å². The van der Waals surface area contributed by atoms with Gasteiger partial charge < -0.3 is 10.5 Å². The van der Waals surface area contributed by atoms with Gasteiger partial charge in [0.05, 0.1) is 12.1 Å². The Balaban J connectivity index is 2.20. The van der Waals surface area contributed by atoms with E-state index in [4.69, 9.17) is 10.5 Å². The van der Waals surface area contributed by atoms with Gasteiger partial charge in [-0.15, -0.1) is 0 Å². The molecule has 0 unspecified atom stereocenters. The summed E-state index contributed by atoms with van der Waals surface area (Å²) in [6, 6.07) is 10.6. The lowest BCUT2D eigenvalue weighted by Gasteiger charge is -2.05. The predicted molar refractivity (Wildman–Crippen MR) is 81.2 cm³/mol. The molecule has 0 amide bonds. The van der Waals surface area contributed by atoms with Crippen molar-refractivity contribution in [2.45, 2.75) is 6.61 Å². The Morgan fingerprint density at radius 1 is 1.24 bits per heavy atom. The molecule has 0 fully saturated rings. The van der Waals surface area contributed by atoms with Gasteiger partial charge in [0.1, 0.15) is 11.5 Å². The number of nitrogen functional groups attached to an aromatic ring is 1. The van der Waals surface area contributed by atoms with Crippen LogP contribution in [0.3, 0.4) is 0 Å². The summed E-state index contributed by atoms with van der Waals surface area (Å²) in [6.07, 6.45) is 0. The minimum absolute atomic E-state index is 0.229. The molecule has 0 atom stereocenters. The molecule has 3 aromatic rings. The summed E-state index contributed by atoms with van der Waals surface area (Å²) in [5, 5.41) is 5.48. The standard InChI is InChI=1S/C16H16FN3O/c1-20-15-6-4-12(18)8-13(15)16(19-20)10-3-5-14(17)11(7-10)9-21-2/h3-8H,9,18H2,1-2H3. The van der Waals surface area contributed by atoms with Gasteiger partial charge in [-0.3, -0.25) is 4.68 Å². The van der Waals surface area contributed by atoms with Crippen molar-refractivity contribution < 1.29 is 9.13 Å². The largest absolute Gasteiger partial charge is 0.399 e. The number of rotatable bonds is 3. The van der Waals surface area contributed by atoms with Gasteiger partial charge >= 0.3 is 0 Å². The highest BCUT2D eigenvalue weighted by molar-refractivity contribution is 5.95. The number of benzene rings is 2. The van der Waals surface area contributed by atoms with Gasteiger partial charge in [0.25, 0.3) is 0 Å². The van der Waals surface area contributed by atoms with E-state index in [-0.39, 0.29) is 12.4 Å². The summed E-state index contributed by atoms with van der Waals surface area (Å²) >= 11 is 0. The average molecular weight is 285 g/mol. The number of aromatic nitrogens is 2. The van der Waals surface area contributed by atoms with Crippen molar-refractivity contribution in [3.63, 3.8) is 0 Å². The minimum Gasteiger partial charge on any atom is -0.399 e. The molecule has 5 heteroatoms. The van der Waals surface area contributed by atoms with E-state index in [1.54, 1.807) is 23.9 Å². The second-order valence-electron chi connectivity index (χ2n) is 4.99. The number of nitrogens with two attached hydrogens (primary N) is 1. The Kier molecular flexibility index (Phi) is 3.35. The van der Waals surface area contributed by atoms with Gasteiger partial charge in [-0.25, -0.2) is 4.39 Å². The Morgan fingerprint density at radius 2 is 2.05 bits per heavy atom. The third-order valence-corrected chi connectivity index (χ3v) is 3.49. The van der Waals surface area contributed by atoms with Gasteiger partial charge in [-0.1, -0.05) is 0 Å². The van der Waals surface area contributed by atoms with Crippen LogP contribution >= 0.6 is 0 Å². The van der Waals surface area contributed by atoms with Crippen LogP contribution in [0, 0.1) is 5.82 Å². The zero-order valence-corrected chi connectivity index (χ0v) is 11.9. The molecule has 0 bridgehead atoms. The predicted octanol–water partition coefficient (Wildman–Crippen LogP) is 3.11. The lowest BCUT2D eigenvalue weighted by Crippen LogP contribution is -1.94. The molecule has 108 valence electrons. The molecule has 4 nitrogen and oxygen atoms in total. The lowest BCUT2D eigenvalue weighted by molar-refractivity contribution is 0.181. The molecule has 1 heterocycles. The van der Waals surface area contributed by atoms with Crippen molar-refractivity contribution in [2.75, 3.05) is 12.8 Å². The number of hydrogen-bond acceptors (Lipinski definition) is 3. The molecule has 0 saturated heterocycles. The maximum Gasteiger partial charge on any atom is 0.128 e. The number of methoxy groups -OCH3 is 1. The van der Waals surface area contributed by atoms with Crippen molar-refractivity contribution in [1.29, 1.82) is 0 Å². The monoisotopic (exact) mass is 285 g/mol. The molecule has 2 aromatic carbocycles. The summed E-state index contributed by atoms with van der Waals surface area (Å²) in [5.74, 6) is -0.277. The fourth-order valence-corrected chi connectivity index (χ4v) is 2.48. The van der Waals surface area contributed by atoms with Crippen LogP contribution in [0.15, 0.2) is 36.4 Å². The fourth-order valence-electron chi connectivity index (χ4n) is 2.48. The summed E-state index contributed by atoms with van der Waals surface area (Å²) in [4.78, 5) is 0. The lowest BCUT2D eigenvalue weighted by atomic mass is 10.0. The minimum atomic E-state index is -0.277. The highest BCUT2D eigenvalue weighted by Crippen LogP contribution is 2.30. The van der Waals surface area contributed by atoms with Crippen LogP contribution in [0.25, 0.3) is 22.2 Å². The van der Waals surface area contributed by atoms with Crippen LogP contribution in [0.2, 0.25) is 0 Å². The van der Waals surface area contributed by atoms with E-state index in [9.17, 15) is 4.39 Å².